The van der Waals surface area contributed by atoms with Crippen LogP contribution in [0.2, 0.25) is 5.02 Å². The molecular weight excluding hydrogens is 291 g/mol. The predicted octanol–water partition coefficient (Wildman–Crippen LogP) is 2.65. The fraction of sp³-hybridized carbons (Fsp3) is 0.333. The van der Waals surface area contributed by atoms with Gasteiger partial charge in [0.2, 0.25) is 10.0 Å². The third-order valence-electron chi connectivity index (χ3n) is 2.46. The van der Waals surface area contributed by atoms with Crippen LogP contribution in [0, 0.1) is 5.82 Å². The van der Waals surface area contributed by atoms with Crippen LogP contribution in [-0.2, 0) is 10.0 Å². The number of anilines is 1. The fourth-order valence-corrected chi connectivity index (χ4v) is 3.53. The quantitative estimate of drug-likeness (QED) is 0.649. The number of halogens is 2. The first-order valence-electron chi connectivity index (χ1n) is 5.70. The molecule has 0 radical (unpaired) electrons. The Labute approximate surface area is 117 Å². The number of nitrogens with two attached hydrogens (primary N) is 1. The van der Waals surface area contributed by atoms with E-state index in [1.807, 2.05) is 6.92 Å². The fourth-order valence-electron chi connectivity index (χ4n) is 1.61. The molecule has 0 saturated carbocycles. The summed E-state index contributed by atoms with van der Waals surface area (Å²) in [6.07, 6.45) is 2.05. The Bertz CT molecular complexity index is 575. The maximum Gasteiger partial charge on any atom is 0.246 e. The molecule has 0 saturated heterocycles. The van der Waals surface area contributed by atoms with Crippen molar-refractivity contribution in [3.8, 4) is 0 Å². The van der Waals surface area contributed by atoms with Crippen molar-refractivity contribution in [2.45, 2.75) is 18.2 Å². The summed E-state index contributed by atoms with van der Waals surface area (Å²) in [5.74, 6) is -0.977. The molecule has 0 aliphatic rings. The molecular formula is C12H16ClFN2O2S. The molecule has 7 heteroatoms. The van der Waals surface area contributed by atoms with Crippen LogP contribution in [0.15, 0.2) is 29.7 Å². The third-order valence-corrected chi connectivity index (χ3v) is 4.54. The Morgan fingerprint density at radius 3 is 2.68 bits per heavy atom. The van der Waals surface area contributed by atoms with E-state index in [0.717, 1.165) is 10.4 Å². The lowest BCUT2D eigenvalue weighted by Crippen LogP contribution is -2.32. The minimum absolute atomic E-state index is 0.0764. The van der Waals surface area contributed by atoms with E-state index in [9.17, 15) is 12.8 Å². The molecule has 0 aliphatic carbocycles. The average molecular weight is 307 g/mol. The van der Waals surface area contributed by atoms with Crippen molar-refractivity contribution in [1.82, 2.24) is 4.31 Å². The van der Waals surface area contributed by atoms with E-state index >= 15 is 0 Å². The summed E-state index contributed by atoms with van der Waals surface area (Å²) in [6.45, 7) is 5.69. The zero-order valence-electron chi connectivity index (χ0n) is 10.6. The molecule has 1 aromatic rings. The molecule has 0 spiro atoms. The van der Waals surface area contributed by atoms with Crippen LogP contribution in [0.25, 0.3) is 0 Å². The molecule has 0 heterocycles. The number of benzene rings is 1. The van der Waals surface area contributed by atoms with Gasteiger partial charge in [-0.15, -0.1) is 6.58 Å². The van der Waals surface area contributed by atoms with Gasteiger partial charge in [-0.25, -0.2) is 12.8 Å². The van der Waals surface area contributed by atoms with Crippen molar-refractivity contribution < 1.29 is 12.8 Å². The Kier molecular flexibility index (Phi) is 5.34. The zero-order chi connectivity index (χ0) is 14.6. The van der Waals surface area contributed by atoms with E-state index in [2.05, 4.69) is 6.58 Å². The Balaban J connectivity index is 3.36. The van der Waals surface area contributed by atoms with Gasteiger partial charge in [-0.2, -0.15) is 4.31 Å². The van der Waals surface area contributed by atoms with Gasteiger partial charge in [0.15, 0.2) is 5.82 Å². The van der Waals surface area contributed by atoms with Crippen LogP contribution in [0.3, 0.4) is 0 Å². The van der Waals surface area contributed by atoms with Gasteiger partial charge in [0, 0.05) is 18.1 Å². The van der Waals surface area contributed by atoms with E-state index in [-0.39, 0.29) is 23.8 Å². The minimum Gasteiger partial charge on any atom is -0.396 e. The second kappa shape index (κ2) is 6.36. The summed E-state index contributed by atoms with van der Waals surface area (Å²) in [5, 5.41) is 0.0764. The van der Waals surface area contributed by atoms with E-state index in [4.69, 9.17) is 17.3 Å². The Morgan fingerprint density at radius 2 is 2.16 bits per heavy atom. The van der Waals surface area contributed by atoms with Gasteiger partial charge in [0.05, 0.1) is 5.69 Å². The first-order valence-corrected chi connectivity index (χ1v) is 7.52. The lowest BCUT2D eigenvalue weighted by atomic mass is 10.3. The highest BCUT2D eigenvalue weighted by atomic mass is 35.5. The average Bonchev–Trinajstić information content (AvgIpc) is 2.33. The number of nitrogens with zero attached hydrogens (tertiary/aromatic N) is 1. The number of nitrogen functional groups attached to an aromatic ring is 1. The van der Waals surface area contributed by atoms with Gasteiger partial charge in [-0.3, -0.25) is 0 Å². The molecule has 106 valence electrons. The van der Waals surface area contributed by atoms with Gasteiger partial charge in [-0.1, -0.05) is 24.6 Å². The number of hydrogen-bond donors (Lipinski definition) is 1. The molecule has 1 aromatic carbocycles. The molecule has 0 fully saturated rings. The molecule has 1 rings (SSSR count). The van der Waals surface area contributed by atoms with Crippen LogP contribution in [0.4, 0.5) is 10.1 Å². The summed E-state index contributed by atoms with van der Waals surface area (Å²) in [5.41, 5.74) is 5.11. The summed E-state index contributed by atoms with van der Waals surface area (Å²) in [6, 6.07) is 2.24. The van der Waals surface area contributed by atoms with Gasteiger partial charge < -0.3 is 5.73 Å². The van der Waals surface area contributed by atoms with Crippen molar-refractivity contribution in [2.24, 2.45) is 0 Å². The lowest BCUT2D eigenvalue weighted by molar-refractivity contribution is 0.437. The van der Waals surface area contributed by atoms with Crippen LogP contribution < -0.4 is 5.73 Å². The highest BCUT2D eigenvalue weighted by Crippen LogP contribution is 2.27. The van der Waals surface area contributed by atoms with E-state index in [1.54, 1.807) is 0 Å². The van der Waals surface area contributed by atoms with Gasteiger partial charge in [0.1, 0.15) is 4.90 Å². The van der Waals surface area contributed by atoms with E-state index in [0.29, 0.717) is 6.42 Å². The molecule has 0 bridgehead atoms. The second-order valence-electron chi connectivity index (χ2n) is 3.96. The number of rotatable bonds is 6. The Hall–Kier alpha value is -1.11. The summed E-state index contributed by atoms with van der Waals surface area (Å²) >= 11 is 5.74. The van der Waals surface area contributed by atoms with Crippen molar-refractivity contribution in [3.63, 3.8) is 0 Å². The van der Waals surface area contributed by atoms with Crippen molar-refractivity contribution in [1.29, 1.82) is 0 Å². The SMILES string of the molecule is C=CCN(CCC)S(=O)(=O)c1cc(Cl)cc(N)c1F. The lowest BCUT2D eigenvalue weighted by Gasteiger charge is -2.20. The van der Waals surface area contributed by atoms with Crippen LogP contribution in [0.1, 0.15) is 13.3 Å². The number of hydrogen-bond acceptors (Lipinski definition) is 3. The molecule has 19 heavy (non-hydrogen) atoms. The van der Waals surface area contributed by atoms with Crippen LogP contribution in [0.5, 0.6) is 0 Å². The monoisotopic (exact) mass is 306 g/mol. The Morgan fingerprint density at radius 1 is 1.53 bits per heavy atom. The molecule has 0 amide bonds. The summed E-state index contributed by atoms with van der Waals surface area (Å²) < 4.78 is 39.8. The zero-order valence-corrected chi connectivity index (χ0v) is 12.1. The van der Waals surface area contributed by atoms with Crippen molar-refractivity contribution in [2.75, 3.05) is 18.8 Å². The van der Waals surface area contributed by atoms with E-state index in [1.165, 1.54) is 12.1 Å². The summed E-state index contributed by atoms with van der Waals surface area (Å²) in [7, 11) is -3.98. The molecule has 4 nitrogen and oxygen atoms in total. The first-order chi connectivity index (χ1) is 8.84. The molecule has 0 unspecified atom stereocenters. The first kappa shape index (κ1) is 15.9. The topological polar surface area (TPSA) is 63.4 Å². The smallest absolute Gasteiger partial charge is 0.246 e. The highest BCUT2D eigenvalue weighted by Gasteiger charge is 2.27. The standard InChI is InChI=1S/C12H16ClFN2O2S/c1-3-5-16(6-4-2)19(17,18)11-8-9(13)7-10(15)12(11)14/h3,7-8H,1,4-6,15H2,2H3. The van der Waals surface area contributed by atoms with Crippen LogP contribution >= 0.6 is 11.6 Å². The normalized spacial score (nSPS) is 11.8. The third kappa shape index (κ3) is 3.46. The van der Waals surface area contributed by atoms with Gasteiger partial charge in [-0.05, 0) is 18.6 Å². The maximum atomic E-state index is 13.9. The summed E-state index contributed by atoms with van der Waals surface area (Å²) in [4.78, 5) is -0.507. The maximum absolute atomic E-state index is 13.9. The van der Waals surface area contributed by atoms with Crippen LogP contribution in [-0.4, -0.2) is 25.8 Å². The van der Waals surface area contributed by atoms with Gasteiger partial charge >= 0.3 is 0 Å². The van der Waals surface area contributed by atoms with Crippen molar-refractivity contribution in [3.05, 3.63) is 35.6 Å². The largest absolute Gasteiger partial charge is 0.396 e. The van der Waals surface area contributed by atoms with E-state index < -0.39 is 20.7 Å². The van der Waals surface area contributed by atoms with Crippen molar-refractivity contribution >= 4 is 27.3 Å². The molecule has 0 aliphatic heterocycles. The van der Waals surface area contributed by atoms with Gasteiger partial charge in [0.25, 0.3) is 0 Å². The molecule has 0 atom stereocenters. The minimum atomic E-state index is -3.98. The molecule has 2 N–H and O–H groups in total. The highest BCUT2D eigenvalue weighted by molar-refractivity contribution is 7.89. The number of sulfonamides is 1. The second-order valence-corrected chi connectivity index (χ2v) is 6.30. The predicted molar refractivity (Wildman–Crippen MR) is 75.1 cm³/mol. The molecule has 0 aromatic heterocycles.